The molecule has 4 aromatic carbocycles. The Morgan fingerprint density at radius 3 is 2.42 bits per heavy atom. The number of benzene rings is 4. The van der Waals surface area contributed by atoms with Crippen LogP contribution < -0.4 is 10.6 Å². The van der Waals surface area contributed by atoms with Gasteiger partial charge in [0.05, 0.1) is 31.1 Å². The van der Waals surface area contributed by atoms with Crippen LogP contribution in [-0.2, 0) is 32.2 Å². The van der Waals surface area contributed by atoms with Gasteiger partial charge in [-0.1, -0.05) is 103 Å². The van der Waals surface area contributed by atoms with Gasteiger partial charge < -0.3 is 30.0 Å². The number of aliphatic hydroxyl groups is 1. The number of hydrogen-bond donors (Lipinski definition) is 3. The van der Waals surface area contributed by atoms with Crippen LogP contribution in [0.15, 0.2) is 108 Å². The Balaban J connectivity index is 1.16. The average Bonchev–Trinajstić information content (AvgIpc) is 3.65. The Labute approximate surface area is 294 Å². The number of urea groups is 1. The third-order valence-corrected chi connectivity index (χ3v) is 9.16. The van der Waals surface area contributed by atoms with Crippen molar-refractivity contribution in [2.75, 3.05) is 18.9 Å². The highest BCUT2D eigenvalue weighted by molar-refractivity contribution is 7.99. The van der Waals surface area contributed by atoms with Gasteiger partial charge in [0.25, 0.3) is 0 Å². The topological polar surface area (TPSA) is 150 Å². The van der Waals surface area contributed by atoms with E-state index >= 15 is 0 Å². The standard InChI is InChI=1S/C37H38N6O6S/c1-2-47-34(45)22-39-36(46)38-21-29-8-6-7-11-32(29)26-16-18-28(19-17-26)35-48-31(20-33(49-35)27-14-12-25(23-44)13-15-27)24-50-37-40-41-42-43(37)30-9-4-3-5-10-30/h3-19,31,33,35,44H,2,20-24H2,1H3,(H2,38,39,46)/t31-,33+,35+/m1/s1. The Morgan fingerprint density at radius 2 is 1.66 bits per heavy atom. The molecule has 0 aliphatic carbocycles. The highest BCUT2D eigenvalue weighted by atomic mass is 32.2. The number of carbonyl (C=O) groups excluding carboxylic acids is 2. The summed E-state index contributed by atoms with van der Waals surface area (Å²) < 4.78 is 19.7. The number of rotatable bonds is 13. The number of hydrogen-bond acceptors (Lipinski definition) is 10. The maximum absolute atomic E-state index is 12.3. The molecule has 2 heterocycles. The highest BCUT2D eigenvalue weighted by Gasteiger charge is 2.32. The van der Waals surface area contributed by atoms with Crippen LogP contribution in [0, 0.1) is 0 Å². The zero-order valence-corrected chi connectivity index (χ0v) is 28.3. The van der Waals surface area contributed by atoms with Crippen LogP contribution in [0.1, 0.15) is 48.0 Å². The first-order valence-corrected chi connectivity index (χ1v) is 17.3. The van der Waals surface area contributed by atoms with Crippen molar-refractivity contribution in [3.05, 3.63) is 125 Å². The largest absolute Gasteiger partial charge is 0.465 e. The van der Waals surface area contributed by atoms with Crippen LogP contribution in [0.5, 0.6) is 0 Å². The minimum Gasteiger partial charge on any atom is -0.465 e. The van der Waals surface area contributed by atoms with Crippen LogP contribution in [0.2, 0.25) is 0 Å². The second-order valence-corrected chi connectivity index (χ2v) is 12.5. The molecule has 1 aromatic heterocycles. The third-order valence-electron chi connectivity index (χ3n) is 8.10. The number of esters is 1. The minimum absolute atomic E-state index is 0.0266. The van der Waals surface area contributed by atoms with Crippen molar-refractivity contribution >= 4 is 23.8 Å². The lowest BCUT2D eigenvalue weighted by atomic mass is 9.98. The number of carbonyl (C=O) groups is 2. The molecule has 2 amide bonds. The summed E-state index contributed by atoms with van der Waals surface area (Å²) in [5, 5.41) is 27.9. The van der Waals surface area contributed by atoms with E-state index in [0.29, 0.717) is 17.3 Å². The predicted molar refractivity (Wildman–Crippen MR) is 187 cm³/mol. The summed E-state index contributed by atoms with van der Waals surface area (Å²) in [6.07, 6.45) is -0.418. The van der Waals surface area contributed by atoms with Crippen molar-refractivity contribution in [3.8, 4) is 16.8 Å². The van der Waals surface area contributed by atoms with Gasteiger partial charge in [-0.25, -0.2) is 4.79 Å². The SMILES string of the molecule is CCOC(=O)CNC(=O)NCc1ccccc1-c1ccc([C@H]2O[C@@H](CSc3nnnn3-c3ccccc3)C[C@@H](c3ccc(CO)cc3)O2)cc1. The van der Waals surface area contributed by atoms with Crippen molar-refractivity contribution in [3.63, 3.8) is 0 Å². The average molecular weight is 695 g/mol. The molecule has 6 rings (SSSR count). The second kappa shape index (κ2) is 17.0. The smallest absolute Gasteiger partial charge is 0.325 e. The molecule has 0 unspecified atom stereocenters. The van der Waals surface area contributed by atoms with Crippen molar-refractivity contribution in [2.24, 2.45) is 0 Å². The zero-order valence-electron chi connectivity index (χ0n) is 27.5. The molecule has 3 atom stereocenters. The maximum Gasteiger partial charge on any atom is 0.325 e. The molecule has 5 aromatic rings. The Kier molecular flexibility index (Phi) is 11.8. The molecule has 1 saturated heterocycles. The van der Waals surface area contributed by atoms with Crippen LogP contribution in [0.25, 0.3) is 16.8 Å². The molecule has 0 radical (unpaired) electrons. The molecule has 1 aliphatic rings. The van der Waals surface area contributed by atoms with Gasteiger partial charge in [0, 0.05) is 24.3 Å². The molecule has 1 aliphatic heterocycles. The van der Waals surface area contributed by atoms with Gasteiger partial charge in [0.15, 0.2) is 6.29 Å². The van der Waals surface area contributed by atoms with E-state index in [9.17, 15) is 14.7 Å². The zero-order chi connectivity index (χ0) is 34.7. The first-order chi connectivity index (χ1) is 24.5. The van der Waals surface area contributed by atoms with E-state index < -0.39 is 18.3 Å². The van der Waals surface area contributed by atoms with Crippen LogP contribution in [-0.4, -0.2) is 62.3 Å². The fraction of sp³-hybridized carbons (Fsp3) is 0.270. The van der Waals surface area contributed by atoms with Crippen molar-refractivity contribution in [2.45, 2.75) is 50.2 Å². The molecular weight excluding hydrogens is 657 g/mol. The van der Waals surface area contributed by atoms with E-state index in [0.717, 1.165) is 39.1 Å². The quantitative estimate of drug-likeness (QED) is 0.106. The summed E-state index contributed by atoms with van der Waals surface area (Å²) in [5.41, 5.74) is 6.42. The highest BCUT2D eigenvalue weighted by Crippen LogP contribution is 2.40. The van der Waals surface area contributed by atoms with Gasteiger partial charge in [-0.15, -0.1) is 5.10 Å². The number of nitrogens with zero attached hydrogens (tertiary/aromatic N) is 4. The summed E-state index contributed by atoms with van der Waals surface area (Å²) in [7, 11) is 0. The van der Waals surface area contributed by atoms with Gasteiger partial charge in [-0.3, -0.25) is 4.79 Å². The molecule has 0 spiro atoms. The predicted octanol–water partition coefficient (Wildman–Crippen LogP) is 5.52. The molecule has 3 N–H and O–H groups in total. The number of ether oxygens (including phenoxy) is 3. The number of nitrogens with one attached hydrogen (secondary N) is 2. The van der Waals surface area contributed by atoms with Gasteiger partial charge in [0.2, 0.25) is 5.16 Å². The number of amides is 2. The molecule has 258 valence electrons. The minimum atomic E-state index is -0.629. The van der Waals surface area contributed by atoms with Gasteiger partial charge >= 0.3 is 12.0 Å². The number of aliphatic hydroxyl groups excluding tert-OH is 1. The van der Waals surface area contributed by atoms with Crippen LogP contribution in [0.4, 0.5) is 4.79 Å². The van der Waals surface area contributed by atoms with Crippen molar-refractivity contribution in [1.29, 1.82) is 0 Å². The van der Waals surface area contributed by atoms with Crippen LogP contribution >= 0.6 is 11.8 Å². The van der Waals surface area contributed by atoms with Gasteiger partial charge in [-0.2, -0.15) is 4.68 Å². The number of tetrazole rings is 1. The van der Waals surface area contributed by atoms with E-state index in [4.69, 9.17) is 14.2 Å². The lowest BCUT2D eigenvalue weighted by Crippen LogP contribution is -2.38. The molecule has 12 nitrogen and oxygen atoms in total. The second-order valence-electron chi connectivity index (χ2n) is 11.5. The first kappa shape index (κ1) is 34.8. The molecular formula is C37H38N6O6S. The Bertz CT molecular complexity index is 1850. The fourth-order valence-corrected chi connectivity index (χ4v) is 6.48. The van der Waals surface area contributed by atoms with Gasteiger partial charge in [0.1, 0.15) is 6.54 Å². The lowest BCUT2D eigenvalue weighted by Gasteiger charge is -2.36. The summed E-state index contributed by atoms with van der Waals surface area (Å²) >= 11 is 1.53. The molecule has 1 fully saturated rings. The van der Waals surface area contributed by atoms with E-state index in [1.807, 2.05) is 103 Å². The first-order valence-electron chi connectivity index (χ1n) is 16.3. The van der Waals surface area contributed by atoms with Gasteiger partial charge in [-0.05, 0) is 57.3 Å². The van der Waals surface area contributed by atoms with Crippen LogP contribution in [0.3, 0.4) is 0 Å². The summed E-state index contributed by atoms with van der Waals surface area (Å²) in [4.78, 5) is 23.9. The Morgan fingerprint density at radius 1 is 0.920 bits per heavy atom. The normalized spacial score (nSPS) is 17.2. The number of aromatic nitrogens is 4. The van der Waals surface area contributed by atoms with Crippen molar-refractivity contribution in [1.82, 2.24) is 30.8 Å². The van der Waals surface area contributed by atoms with E-state index in [2.05, 4.69) is 26.2 Å². The lowest BCUT2D eigenvalue weighted by molar-refractivity contribution is -0.245. The maximum atomic E-state index is 12.3. The number of thioether (sulfide) groups is 1. The van der Waals surface area contributed by atoms with E-state index in [1.165, 1.54) is 11.8 Å². The molecule has 0 saturated carbocycles. The summed E-state index contributed by atoms with van der Waals surface area (Å²) in [6.45, 7) is 2.01. The van der Waals surface area contributed by atoms with E-state index in [-0.39, 0.29) is 38.5 Å². The Hall–Kier alpha value is -5.08. The summed E-state index contributed by atoms with van der Waals surface area (Å²) in [5.74, 6) is 0.110. The molecule has 50 heavy (non-hydrogen) atoms. The third kappa shape index (κ3) is 8.93. The number of para-hydroxylation sites is 1. The molecule has 0 bridgehead atoms. The van der Waals surface area contributed by atoms with E-state index in [1.54, 1.807) is 11.6 Å². The monoisotopic (exact) mass is 694 g/mol. The van der Waals surface area contributed by atoms with Crippen molar-refractivity contribution < 1.29 is 28.9 Å². The molecule has 13 heteroatoms. The summed E-state index contributed by atoms with van der Waals surface area (Å²) in [6, 6.07) is 32.9. The fourth-order valence-electron chi connectivity index (χ4n) is 5.57.